The third-order valence-corrected chi connectivity index (χ3v) is 4.47. The number of halogens is 2. The van der Waals surface area contributed by atoms with E-state index in [1.165, 1.54) is 19.0 Å². The molecule has 0 aromatic carbocycles. The van der Waals surface area contributed by atoms with Crippen molar-refractivity contribution in [1.29, 1.82) is 0 Å². The number of nitrogens with two attached hydrogens (primary N) is 2. The lowest BCUT2D eigenvalue weighted by Crippen LogP contribution is -2.43. The van der Waals surface area contributed by atoms with Crippen LogP contribution in [0.3, 0.4) is 0 Å². The Hall–Kier alpha value is -2.46. The number of alkyl halides is 2. The summed E-state index contributed by atoms with van der Waals surface area (Å²) in [4.78, 5) is 15.8. The van der Waals surface area contributed by atoms with Crippen LogP contribution in [-0.2, 0) is 16.0 Å². The number of aliphatic hydroxyl groups excluding tert-OH is 1. The Morgan fingerprint density at radius 2 is 2.07 bits per heavy atom. The van der Waals surface area contributed by atoms with Gasteiger partial charge in [0.2, 0.25) is 0 Å². The van der Waals surface area contributed by atoms with Crippen molar-refractivity contribution in [1.82, 2.24) is 9.99 Å². The molecule has 164 valence electrons. The van der Waals surface area contributed by atoms with Crippen LogP contribution in [0.25, 0.3) is 5.70 Å². The van der Waals surface area contributed by atoms with E-state index in [2.05, 4.69) is 9.72 Å². The normalized spacial score (nSPS) is 16.3. The number of methoxy groups -OCH3 is 1. The van der Waals surface area contributed by atoms with Crippen LogP contribution >= 0.6 is 0 Å². The molecule has 1 saturated heterocycles. The summed E-state index contributed by atoms with van der Waals surface area (Å²) in [5.74, 6) is 2.73. The first kappa shape index (κ1) is 24.6. The van der Waals surface area contributed by atoms with E-state index in [1.54, 1.807) is 24.1 Å². The smallest absolute Gasteiger partial charge is 0.302 e. The fourth-order valence-electron chi connectivity index (χ4n) is 2.90. The number of aryl methyl sites for hydroxylation is 1. The summed E-state index contributed by atoms with van der Waals surface area (Å²) in [6, 6.07) is 3.44. The van der Waals surface area contributed by atoms with Crippen molar-refractivity contribution in [2.45, 2.75) is 39.0 Å². The molecule has 0 unspecified atom stereocenters. The summed E-state index contributed by atoms with van der Waals surface area (Å²) in [5, 5.41) is 10.6. The number of ether oxygens (including phenoxy) is 1. The van der Waals surface area contributed by atoms with Gasteiger partial charge in [0.15, 0.2) is 0 Å². The number of aromatic nitrogens is 1. The molecule has 2 heterocycles. The van der Waals surface area contributed by atoms with E-state index in [0.717, 1.165) is 0 Å². The largest absolute Gasteiger partial charge is 0.469 e. The number of hydrazine groups is 1. The van der Waals surface area contributed by atoms with Gasteiger partial charge in [0.25, 0.3) is 5.92 Å². The summed E-state index contributed by atoms with van der Waals surface area (Å²) >= 11 is 0. The third kappa shape index (κ3) is 7.13. The third-order valence-electron chi connectivity index (χ3n) is 4.47. The molecule has 0 aliphatic carbocycles. The number of piperidine rings is 1. The van der Waals surface area contributed by atoms with Crippen LogP contribution in [0, 0.1) is 0 Å². The zero-order valence-corrected chi connectivity index (χ0v) is 17.4. The minimum atomic E-state index is -2.67. The number of carbonyl (C=O) groups is 1. The predicted molar refractivity (Wildman–Crippen MR) is 108 cm³/mol. The minimum Gasteiger partial charge on any atom is -0.469 e. The zero-order chi connectivity index (χ0) is 22.2. The molecule has 10 heteroatoms. The maximum atomic E-state index is 13.7. The zero-order valence-electron chi connectivity index (χ0n) is 17.4. The van der Waals surface area contributed by atoms with Crippen LogP contribution in [0.5, 0.6) is 0 Å². The van der Waals surface area contributed by atoms with E-state index >= 15 is 0 Å². The van der Waals surface area contributed by atoms with Gasteiger partial charge in [0.05, 0.1) is 48.7 Å². The predicted octanol–water partition coefficient (Wildman–Crippen LogP) is 1.48. The van der Waals surface area contributed by atoms with Gasteiger partial charge in [-0.25, -0.2) is 19.6 Å². The lowest BCUT2D eigenvalue weighted by atomic mass is 10.1. The topological polar surface area (TPSA) is 118 Å². The average molecular weight is 415 g/mol. The van der Waals surface area contributed by atoms with Gasteiger partial charge in [-0.3, -0.25) is 4.79 Å². The van der Waals surface area contributed by atoms with Crippen LogP contribution in [0.15, 0.2) is 17.8 Å². The highest BCUT2D eigenvalue weighted by Crippen LogP contribution is 2.32. The van der Waals surface area contributed by atoms with Gasteiger partial charge in [0, 0.05) is 26.9 Å². The molecule has 1 fully saturated rings. The molecule has 1 aromatic heterocycles. The molecule has 0 amide bonds. The van der Waals surface area contributed by atoms with E-state index in [4.69, 9.17) is 11.6 Å². The number of hydrogen-bond donors (Lipinski definition) is 3. The standard InChI is InChI=1S/C16H25F2N5O.C3H6O2/c1-3-11-13(23-8-4-7-16(17,18)10-23)6-5-12(21-11)15(19)14(9-24)22(2)20;1-3(4)5-2/h5-6,24H,3-4,7-10,19-20H2,1-2H3;1-2H3/b15-14-;. The highest BCUT2D eigenvalue weighted by atomic mass is 19.3. The molecular formula is C19H31F2N5O3. The molecule has 2 rings (SSSR count). The number of anilines is 1. The Balaban J connectivity index is 0.000000749. The van der Waals surface area contributed by atoms with Crippen molar-refractivity contribution in [3.05, 3.63) is 29.2 Å². The number of hydrogen-bond acceptors (Lipinski definition) is 8. The Morgan fingerprint density at radius 3 is 2.52 bits per heavy atom. The Kier molecular flexibility index (Phi) is 9.25. The SMILES string of the molecule is CCc1nc(/C(N)=C(\CO)N(C)N)ccc1N1CCCC(F)(F)C1.COC(C)=O. The summed E-state index contributed by atoms with van der Waals surface area (Å²) in [5.41, 5.74) is 8.55. The minimum absolute atomic E-state index is 0.0746. The number of pyridine rings is 1. The van der Waals surface area contributed by atoms with Crippen molar-refractivity contribution < 1.29 is 23.4 Å². The van der Waals surface area contributed by atoms with E-state index < -0.39 is 5.92 Å². The number of carbonyl (C=O) groups excluding carboxylic acids is 1. The fraction of sp³-hybridized carbons (Fsp3) is 0.579. The second-order valence-corrected chi connectivity index (χ2v) is 6.72. The molecule has 1 aliphatic rings. The molecule has 0 spiro atoms. The first-order valence-electron chi connectivity index (χ1n) is 9.31. The molecule has 0 atom stereocenters. The average Bonchev–Trinajstić information content (AvgIpc) is 2.67. The molecule has 0 radical (unpaired) electrons. The first-order valence-corrected chi connectivity index (χ1v) is 9.31. The highest BCUT2D eigenvalue weighted by molar-refractivity contribution is 5.66. The van der Waals surface area contributed by atoms with Gasteiger partial charge < -0.3 is 25.5 Å². The van der Waals surface area contributed by atoms with Crippen molar-refractivity contribution in [2.75, 3.05) is 38.8 Å². The fourth-order valence-corrected chi connectivity index (χ4v) is 2.90. The van der Waals surface area contributed by atoms with E-state index in [0.29, 0.717) is 42.2 Å². The van der Waals surface area contributed by atoms with Crippen molar-refractivity contribution >= 4 is 17.4 Å². The lowest BCUT2D eigenvalue weighted by Gasteiger charge is -2.35. The number of rotatable bonds is 5. The number of aliphatic hydroxyl groups is 1. The molecule has 8 nitrogen and oxygen atoms in total. The maximum absolute atomic E-state index is 13.7. The second-order valence-electron chi connectivity index (χ2n) is 6.72. The van der Waals surface area contributed by atoms with Crippen LogP contribution in [0.1, 0.15) is 38.1 Å². The molecule has 1 aromatic rings. The molecule has 1 aliphatic heterocycles. The van der Waals surface area contributed by atoms with Gasteiger partial charge in [0.1, 0.15) is 0 Å². The number of likely N-dealkylation sites (N-methyl/N-ethyl adjacent to an activating group) is 1. The van der Waals surface area contributed by atoms with E-state index in [-0.39, 0.29) is 31.2 Å². The van der Waals surface area contributed by atoms with Gasteiger partial charge in [-0.2, -0.15) is 0 Å². The first-order chi connectivity index (χ1) is 13.6. The van der Waals surface area contributed by atoms with Crippen molar-refractivity contribution in [3.8, 4) is 0 Å². The van der Waals surface area contributed by atoms with Crippen LogP contribution in [0.4, 0.5) is 14.5 Å². The summed E-state index contributed by atoms with van der Waals surface area (Å²) in [7, 11) is 2.92. The van der Waals surface area contributed by atoms with Crippen LogP contribution in [-0.4, -0.2) is 60.8 Å². The molecule has 0 saturated carbocycles. The highest BCUT2D eigenvalue weighted by Gasteiger charge is 2.35. The van der Waals surface area contributed by atoms with Gasteiger partial charge in [-0.05, 0) is 25.0 Å². The molecule has 5 N–H and O–H groups in total. The number of nitrogens with zero attached hydrogens (tertiary/aromatic N) is 3. The van der Waals surface area contributed by atoms with Crippen molar-refractivity contribution in [3.63, 3.8) is 0 Å². The Bertz CT molecular complexity index is 726. The Morgan fingerprint density at radius 1 is 1.45 bits per heavy atom. The second kappa shape index (κ2) is 10.9. The van der Waals surface area contributed by atoms with Crippen LogP contribution < -0.4 is 16.5 Å². The Labute approximate surface area is 170 Å². The maximum Gasteiger partial charge on any atom is 0.302 e. The molecular weight excluding hydrogens is 384 g/mol. The lowest BCUT2D eigenvalue weighted by molar-refractivity contribution is -0.137. The van der Waals surface area contributed by atoms with Gasteiger partial charge in [-0.15, -0.1) is 0 Å². The van der Waals surface area contributed by atoms with Crippen LogP contribution in [0.2, 0.25) is 0 Å². The molecule has 0 bridgehead atoms. The quantitative estimate of drug-likeness (QED) is 0.376. The number of esters is 1. The van der Waals surface area contributed by atoms with Gasteiger partial charge in [-0.1, -0.05) is 6.92 Å². The van der Waals surface area contributed by atoms with E-state index in [9.17, 15) is 18.7 Å². The van der Waals surface area contributed by atoms with Crippen molar-refractivity contribution in [2.24, 2.45) is 11.6 Å². The summed E-state index contributed by atoms with van der Waals surface area (Å²) in [6.45, 7) is 3.25. The summed E-state index contributed by atoms with van der Waals surface area (Å²) in [6.07, 6.45) is 0.965. The van der Waals surface area contributed by atoms with E-state index in [1.807, 2.05) is 6.92 Å². The monoisotopic (exact) mass is 415 g/mol. The molecule has 29 heavy (non-hydrogen) atoms. The van der Waals surface area contributed by atoms with Gasteiger partial charge >= 0.3 is 5.97 Å². The summed E-state index contributed by atoms with van der Waals surface area (Å²) < 4.78 is 31.5.